The lowest BCUT2D eigenvalue weighted by Gasteiger charge is -2.43. The molecular weight excluding hydrogens is 698 g/mol. The minimum Gasteiger partial charge on any atom is -0.489 e. The maximum absolute atomic E-state index is 14.3. The molecule has 6 heterocycles. The zero-order valence-corrected chi connectivity index (χ0v) is 31.1. The van der Waals surface area contributed by atoms with E-state index in [1.807, 2.05) is 18.2 Å². The van der Waals surface area contributed by atoms with E-state index >= 15 is 0 Å². The number of imidazole rings is 1. The summed E-state index contributed by atoms with van der Waals surface area (Å²) >= 11 is 0. The van der Waals surface area contributed by atoms with Crippen LogP contribution in [0.1, 0.15) is 45.7 Å². The lowest BCUT2D eigenvalue weighted by Crippen LogP contribution is -2.56. The van der Waals surface area contributed by atoms with Crippen molar-refractivity contribution in [3.05, 3.63) is 48.7 Å². The highest BCUT2D eigenvalue weighted by molar-refractivity contribution is 5.99. The average molecular weight is 746 g/mol. The summed E-state index contributed by atoms with van der Waals surface area (Å²) in [6.07, 6.45) is 7.51. The fourth-order valence-electron chi connectivity index (χ4n) is 6.51. The van der Waals surface area contributed by atoms with E-state index in [0.717, 1.165) is 64.3 Å². The first kappa shape index (κ1) is 37.2. The van der Waals surface area contributed by atoms with Crippen LogP contribution in [0.25, 0.3) is 17.0 Å². The highest BCUT2D eigenvalue weighted by Crippen LogP contribution is 2.38. The van der Waals surface area contributed by atoms with E-state index in [1.165, 1.54) is 11.1 Å². The van der Waals surface area contributed by atoms with E-state index in [1.54, 1.807) is 50.7 Å². The molecule has 0 radical (unpaired) electrons. The maximum Gasteiger partial charge on any atom is 0.420 e. The number of anilines is 3. The topological polar surface area (TPSA) is 181 Å². The number of carbonyl (C=O) groups is 2. The Balaban J connectivity index is 1.26. The first-order chi connectivity index (χ1) is 26.0. The summed E-state index contributed by atoms with van der Waals surface area (Å²) in [5, 5.41) is 0. The zero-order chi connectivity index (χ0) is 37.8. The largest absolute Gasteiger partial charge is 0.489 e. The van der Waals surface area contributed by atoms with Gasteiger partial charge in [-0.25, -0.2) is 29.4 Å². The van der Waals surface area contributed by atoms with Crippen LogP contribution in [-0.2, 0) is 18.9 Å². The van der Waals surface area contributed by atoms with Gasteiger partial charge in [-0.05, 0) is 59.1 Å². The summed E-state index contributed by atoms with van der Waals surface area (Å²) in [6, 6.07) is 6.09. The highest BCUT2D eigenvalue weighted by Gasteiger charge is 2.32. The number of nitrogens with zero attached hydrogens (tertiary/aromatic N) is 8. The zero-order valence-electron chi connectivity index (χ0n) is 31.1. The van der Waals surface area contributed by atoms with Crippen LogP contribution in [0.2, 0.25) is 0 Å². The number of primary amides is 1. The third kappa shape index (κ3) is 8.65. The van der Waals surface area contributed by atoms with Crippen molar-refractivity contribution in [3.8, 4) is 23.0 Å². The second-order valence-corrected chi connectivity index (χ2v) is 14.4. The number of aromatic nitrogens is 5. The molecule has 54 heavy (non-hydrogen) atoms. The van der Waals surface area contributed by atoms with Crippen molar-refractivity contribution in [2.24, 2.45) is 5.73 Å². The first-order valence-corrected chi connectivity index (χ1v) is 18.3. The monoisotopic (exact) mass is 745 g/mol. The minimum atomic E-state index is -1.02. The molecule has 3 aliphatic heterocycles. The quantitative estimate of drug-likeness (QED) is 0.212. The number of piperazine rings is 1. The number of benzene rings is 1. The molecule has 0 saturated carbocycles. The fourth-order valence-corrected chi connectivity index (χ4v) is 6.51. The Hall–Kier alpha value is -5.10. The lowest BCUT2D eigenvalue weighted by molar-refractivity contribution is -0.165. The Morgan fingerprint density at radius 2 is 1.85 bits per heavy atom. The number of amides is 2. The van der Waals surface area contributed by atoms with Crippen molar-refractivity contribution in [2.75, 3.05) is 69.0 Å². The molecule has 1 aromatic carbocycles. The SMILES string of the molecule is Cc1ncc(-c2cn3ccnc3c(N(C(=O)OC(C)(C)C)c3ccc(N4CCN(C5COC5)CC4)c(OCCOC4CCCCO4)c3)n2)nc1OC(N)=O. The number of hydrogen-bond acceptors (Lipinski definition) is 14. The van der Waals surface area contributed by atoms with Gasteiger partial charge in [-0.2, -0.15) is 0 Å². The smallest absolute Gasteiger partial charge is 0.420 e. The van der Waals surface area contributed by atoms with Gasteiger partial charge >= 0.3 is 12.2 Å². The summed E-state index contributed by atoms with van der Waals surface area (Å²) in [5.74, 6) is 0.679. The minimum absolute atomic E-state index is 0.0589. The first-order valence-electron chi connectivity index (χ1n) is 18.3. The summed E-state index contributed by atoms with van der Waals surface area (Å²) in [6.45, 7) is 13.2. The maximum atomic E-state index is 14.3. The Kier molecular flexibility index (Phi) is 11.1. The summed E-state index contributed by atoms with van der Waals surface area (Å²) < 4.78 is 36.4. The van der Waals surface area contributed by atoms with E-state index in [9.17, 15) is 9.59 Å². The van der Waals surface area contributed by atoms with Gasteiger partial charge in [0.1, 0.15) is 29.3 Å². The number of nitrogens with two attached hydrogens (primary N) is 1. The predicted octanol–water partition coefficient (Wildman–Crippen LogP) is 4.47. The van der Waals surface area contributed by atoms with Gasteiger partial charge in [-0.3, -0.25) is 9.88 Å². The molecule has 3 aromatic heterocycles. The van der Waals surface area contributed by atoms with Gasteiger partial charge in [0.25, 0.3) is 0 Å². The molecule has 3 saturated heterocycles. The molecule has 0 aliphatic carbocycles. The van der Waals surface area contributed by atoms with Gasteiger partial charge in [0, 0.05) is 57.4 Å². The molecule has 3 fully saturated rings. The third-order valence-corrected chi connectivity index (χ3v) is 9.29. The molecule has 0 bridgehead atoms. The summed E-state index contributed by atoms with van der Waals surface area (Å²) in [4.78, 5) is 50.2. The van der Waals surface area contributed by atoms with Crippen LogP contribution in [0, 0.1) is 6.92 Å². The van der Waals surface area contributed by atoms with Crippen molar-refractivity contribution in [2.45, 2.75) is 64.9 Å². The molecular formula is C37H47N9O8. The third-order valence-electron chi connectivity index (χ3n) is 9.29. The number of carbonyl (C=O) groups excluding carboxylic acids is 2. The van der Waals surface area contributed by atoms with Crippen molar-refractivity contribution >= 4 is 35.0 Å². The van der Waals surface area contributed by atoms with Gasteiger partial charge in [0.05, 0.1) is 49.1 Å². The second-order valence-electron chi connectivity index (χ2n) is 14.4. The number of ether oxygens (including phenoxy) is 6. The van der Waals surface area contributed by atoms with Crippen LogP contribution in [0.3, 0.4) is 0 Å². The molecule has 1 unspecified atom stereocenters. The Bertz CT molecular complexity index is 1950. The molecule has 3 aliphatic rings. The van der Waals surface area contributed by atoms with Crippen LogP contribution in [-0.4, -0.2) is 119 Å². The standard InChI is InChI=1S/C37H47N9O8/c1-24-34(53-35(38)47)42-27(20-40-24)28-21-45-11-10-39-32(45)33(41-28)46(36(48)54-37(2,3)4)25-8-9-29(44-14-12-43(13-15-44)26-22-49-23-26)30(19-25)50-17-18-52-31-7-5-6-16-51-31/h8-11,19-21,26,31H,5-7,12-18,22-23H2,1-4H3,(H2,38,47). The molecule has 0 spiro atoms. The molecule has 1 atom stereocenters. The average Bonchev–Trinajstić information content (AvgIpc) is 3.60. The van der Waals surface area contributed by atoms with E-state index in [-0.39, 0.29) is 30.3 Å². The molecule has 2 amide bonds. The number of rotatable bonds is 11. The summed E-state index contributed by atoms with van der Waals surface area (Å²) in [5.41, 5.74) is 7.09. The van der Waals surface area contributed by atoms with Gasteiger partial charge in [-0.15, -0.1) is 0 Å². The highest BCUT2D eigenvalue weighted by atomic mass is 16.7. The Morgan fingerprint density at radius 1 is 1.04 bits per heavy atom. The van der Waals surface area contributed by atoms with Crippen molar-refractivity contribution in [3.63, 3.8) is 0 Å². The van der Waals surface area contributed by atoms with Crippen molar-refractivity contribution in [1.82, 2.24) is 29.2 Å². The molecule has 17 heteroatoms. The van der Waals surface area contributed by atoms with Crippen molar-refractivity contribution in [1.29, 1.82) is 0 Å². The van der Waals surface area contributed by atoms with Crippen LogP contribution < -0.4 is 25.0 Å². The molecule has 17 nitrogen and oxygen atoms in total. The van der Waals surface area contributed by atoms with Gasteiger partial charge in [-0.1, -0.05) is 0 Å². The van der Waals surface area contributed by atoms with Gasteiger partial charge in [0.15, 0.2) is 17.8 Å². The van der Waals surface area contributed by atoms with Crippen molar-refractivity contribution < 1.29 is 38.0 Å². The predicted molar refractivity (Wildman–Crippen MR) is 197 cm³/mol. The van der Waals surface area contributed by atoms with Crippen LogP contribution >= 0.6 is 0 Å². The van der Waals surface area contributed by atoms with Gasteiger partial charge in [0.2, 0.25) is 5.88 Å². The summed E-state index contributed by atoms with van der Waals surface area (Å²) in [7, 11) is 0. The second kappa shape index (κ2) is 16.1. The number of aryl methyl sites for hydroxylation is 1. The molecule has 4 aromatic rings. The number of fused-ring (bicyclic) bond motifs is 1. The fraction of sp³-hybridized carbons (Fsp3) is 0.514. The van der Waals surface area contributed by atoms with E-state index in [4.69, 9.17) is 39.1 Å². The van der Waals surface area contributed by atoms with Crippen LogP contribution in [0.15, 0.2) is 43.0 Å². The Morgan fingerprint density at radius 3 is 2.56 bits per heavy atom. The lowest BCUT2D eigenvalue weighted by atomic mass is 10.1. The van der Waals surface area contributed by atoms with Crippen LogP contribution in [0.4, 0.5) is 26.8 Å². The Labute approximate surface area is 313 Å². The van der Waals surface area contributed by atoms with Gasteiger partial charge < -0.3 is 43.5 Å². The molecule has 2 N–H and O–H groups in total. The normalized spacial score (nSPS) is 18.3. The van der Waals surface area contributed by atoms with E-state index in [0.29, 0.717) is 47.7 Å². The molecule has 288 valence electrons. The van der Waals surface area contributed by atoms with Crippen LogP contribution in [0.5, 0.6) is 11.6 Å². The van der Waals surface area contributed by atoms with E-state index in [2.05, 4.69) is 24.8 Å². The van der Waals surface area contributed by atoms with E-state index < -0.39 is 17.8 Å². The molecule has 7 rings (SSSR count). The number of hydrogen-bond donors (Lipinski definition) is 1.